The van der Waals surface area contributed by atoms with Crippen molar-refractivity contribution in [2.75, 3.05) is 26.5 Å². The molecule has 0 saturated heterocycles. The van der Waals surface area contributed by atoms with Crippen LogP contribution in [0.25, 0.3) is 0 Å². The van der Waals surface area contributed by atoms with Crippen molar-refractivity contribution in [3.63, 3.8) is 0 Å². The van der Waals surface area contributed by atoms with E-state index in [0.29, 0.717) is 12.1 Å². The molecular weight excluding hydrogens is 354 g/mol. The Kier molecular flexibility index (Phi) is 5.97. The molecule has 0 aliphatic carbocycles. The zero-order valence-corrected chi connectivity index (χ0v) is 15.5. The summed E-state index contributed by atoms with van der Waals surface area (Å²) in [5, 5.41) is 11.4. The molecule has 0 aliphatic rings. The number of rotatable bonds is 6. The Balaban J connectivity index is 2.31. The lowest BCUT2D eigenvalue weighted by molar-refractivity contribution is 0.102. The van der Waals surface area contributed by atoms with E-state index >= 15 is 0 Å². The molecule has 0 saturated carbocycles. The van der Waals surface area contributed by atoms with Crippen molar-refractivity contribution >= 4 is 21.6 Å². The van der Waals surface area contributed by atoms with Gasteiger partial charge in [-0.15, -0.1) is 0 Å². The van der Waals surface area contributed by atoms with Crippen LogP contribution in [-0.4, -0.2) is 39.8 Å². The predicted molar refractivity (Wildman–Crippen MR) is 97.6 cm³/mol. The van der Waals surface area contributed by atoms with Crippen molar-refractivity contribution in [1.82, 2.24) is 4.31 Å². The first-order valence-corrected chi connectivity index (χ1v) is 9.11. The molecule has 2 aromatic carbocycles. The number of sulfonamides is 1. The lowest BCUT2D eigenvalue weighted by Crippen LogP contribution is -2.23. The van der Waals surface area contributed by atoms with Gasteiger partial charge in [0.2, 0.25) is 10.0 Å². The van der Waals surface area contributed by atoms with Gasteiger partial charge in [0.05, 0.1) is 19.6 Å². The number of benzene rings is 2. The van der Waals surface area contributed by atoms with E-state index in [-0.39, 0.29) is 16.2 Å². The zero-order chi connectivity index (χ0) is 19.3. The smallest absolute Gasteiger partial charge is 0.255 e. The van der Waals surface area contributed by atoms with Crippen LogP contribution in [0, 0.1) is 11.3 Å². The van der Waals surface area contributed by atoms with Crippen molar-refractivity contribution in [3.8, 4) is 11.8 Å². The number of ether oxygens (including phenoxy) is 1. The number of nitrogens with one attached hydrogen (secondary N) is 1. The second-order valence-electron chi connectivity index (χ2n) is 5.64. The summed E-state index contributed by atoms with van der Waals surface area (Å²) < 4.78 is 31.0. The highest BCUT2D eigenvalue weighted by atomic mass is 32.2. The number of hydrogen-bond acceptors (Lipinski definition) is 5. The van der Waals surface area contributed by atoms with Gasteiger partial charge in [0.25, 0.3) is 5.91 Å². The number of carbonyl (C=O) groups is 1. The van der Waals surface area contributed by atoms with Crippen molar-refractivity contribution < 1.29 is 17.9 Å². The molecule has 0 atom stereocenters. The van der Waals surface area contributed by atoms with Crippen LogP contribution in [0.5, 0.6) is 5.75 Å². The van der Waals surface area contributed by atoms with E-state index < -0.39 is 15.9 Å². The van der Waals surface area contributed by atoms with Crippen molar-refractivity contribution in [3.05, 3.63) is 53.6 Å². The Morgan fingerprint density at radius 1 is 1.19 bits per heavy atom. The molecule has 0 aliphatic heterocycles. The number of anilines is 1. The van der Waals surface area contributed by atoms with Gasteiger partial charge in [-0.3, -0.25) is 4.79 Å². The minimum Gasteiger partial charge on any atom is -0.495 e. The van der Waals surface area contributed by atoms with Crippen LogP contribution >= 0.6 is 0 Å². The molecule has 8 heteroatoms. The first kappa shape index (κ1) is 19.4. The summed E-state index contributed by atoms with van der Waals surface area (Å²) >= 11 is 0. The summed E-state index contributed by atoms with van der Waals surface area (Å²) in [5.74, 6) is -0.285. The highest BCUT2D eigenvalue weighted by Gasteiger charge is 2.23. The third-order valence-electron chi connectivity index (χ3n) is 3.68. The first-order valence-electron chi connectivity index (χ1n) is 7.67. The minimum absolute atomic E-state index is 0.0815. The van der Waals surface area contributed by atoms with Crippen molar-refractivity contribution in [2.45, 2.75) is 11.3 Å². The molecule has 26 heavy (non-hydrogen) atoms. The Hall–Kier alpha value is -2.89. The lowest BCUT2D eigenvalue weighted by Gasteiger charge is -2.15. The second-order valence-corrected chi connectivity index (χ2v) is 7.76. The fourth-order valence-corrected chi connectivity index (χ4v) is 3.29. The summed E-state index contributed by atoms with van der Waals surface area (Å²) in [5.41, 5.74) is 1.58. The van der Waals surface area contributed by atoms with E-state index in [4.69, 9.17) is 10.00 Å². The Morgan fingerprint density at radius 2 is 1.85 bits per heavy atom. The van der Waals surface area contributed by atoms with Crippen LogP contribution in [0.2, 0.25) is 0 Å². The van der Waals surface area contributed by atoms with Crippen molar-refractivity contribution in [1.29, 1.82) is 5.26 Å². The molecule has 1 N–H and O–H groups in total. The Morgan fingerprint density at radius 3 is 2.38 bits per heavy atom. The summed E-state index contributed by atoms with van der Waals surface area (Å²) in [6.07, 6.45) is 0.290. The van der Waals surface area contributed by atoms with E-state index in [0.717, 1.165) is 9.87 Å². The average molecular weight is 373 g/mol. The molecule has 1 amide bonds. The maximum Gasteiger partial charge on any atom is 0.255 e. The highest BCUT2D eigenvalue weighted by Crippen LogP contribution is 2.27. The number of nitriles is 1. The quantitative estimate of drug-likeness (QED) is 0.837. The fourth-order valence-electron chi connectivity index (χ4n) is 2.22. The van der Waals surface area contributed by atoms with Crippen LogP contribution in [-0.2, 0) is 16.4 Å². The lowest BCUT2D eigenvalue weighted by atomic mass is 10.1. The van der Waals surface area contributed by atoms with Gasteiger partial charge in [0.15, 0.2) is 0 Å². The van der Waals surface area contributed by atoms with Crippen LogP contribution in [0.1, 0.15) is 15.9 Å². The van der Waals surface area contributed by atoms with Gasteiger partial charge in [-0.05, 0) is 35.9 Å². The molecular formula is C18H19N3O4S. The van der Waals surface area contributed by atoms with Crippen LogP contribution in [0.15, 0.2) is 47.4 Å². The maximum absolute atomic E-state index is 12.5. The molecule has 2 aromatic rings. The first-order chi connectivity index (χ1) is 12.3. The zero-order valence-electron chi connectivity index (χ0n) is 14.7. The largest absolute Gasteiger partial charge is 0.495 e. The summed E-state index contributed by atoms with van der Waals surface area (Å²) in [7, 11) is 0.419. The van der Waals surface area contributed by atoms with Gasteiger partial charge in [0, 0.05) is 25.3 Å². The topological polar surface area (TPSA) is 99.5 Å². The third kappa shape index (κ3) is 4.20. The van der Waals surface area contributed by atoms with Crippen molar-refractivity contribution in [2.24, 2.45) is 0 Å². The predicted octanol–water partition coefficient (Wildman–Crippen LogP) is 2.26. The van der Waals surface area contributed by atoms with E-state index in [1.165, 1.54) is 39.4 Å². The molecule has 136 valence electrons. The van der Waals surface area contributed by atoms with Gasteiger partial charge in [0.1, 0.15) is 10.6 Å². The summed E-state index contributed by atoms with van der Waals surface area (Å²) in [4.78, 5) is 12.4. The monoisotopic (exact) mass is 373 g/mol. The van der Waals surface area contributed by atoms with E-state index in [2.05, 4.69) is 11.4 Å². The molecule has 2 rings (SSSR count). The Bertz CT molecular complexity index is 945. The minimum atomic E-state index is -3.76. The summed E-state index contributed by atoms with van der Waals surface area (Å²) in [6, 6.07) is 13.1. The van der Waals surface area contributed by atoms with Gasteiger partial charge < -0.3 is 10.1 Å². The standard InChI is InChI=1S/C18H19N3O4S/c1-21(2)26(23,24)17-12-14(6-9-16(17)25-3)18(22)20-15-7-4-13(5-8-15)10-11-19/h4-9,12H,10H2,1-3H3,(H,20,22). The number of nitrogens with zero attached hydrogens (tertiary/aromatic N) is 2. The second kappa shape index (κ2) is 7.99. The van der Waals surface area contributed by atoms with Crippen LogP contribution < -0.4 is 10.1 Å². The normalized spacial score (nSPS) is 11.0. The van der Waals surface area contributed by atoms with Gasteiger partial charge in [-0.2, -0.15) is 5.26 Å². The molecule has 0 unspecified atom stereocenters. The van der Waals surface area contributed by atoms with E-state index in [9.17, 15) is 13.2 Å². The molecule has 7 nitrogen and oxygen atoms in total. The Labute approximate surface area is 152 Å². The fraction of sp³-hybridized carbons (Fsp3) is 0.222. The SMILES string of the molecule is COc1ccc(C(=O)Nc2ccc(CC#N)cc2)cc1S(=O)(=O)N(C)C. The van der Waals surface area contributed by atoms with E-state index in [1.807, 2.05) is 0 Å². The molecule has 0 bridgehead atoms. The maximum atomic E-state index is 12.5. The molecule has 0 radical (unpaired) electrons. The summed E-state index contributed by atoms with van der Waals surface area (Å²) in [6.45, 7) is 0. The highest BCUT2D eigenvalue weighted by molar-refractivity contribution is 7.89. The van der Waals surface area contributed by atoms with Crippen LogP contribution in [0.4, 0.5) is 5.69 Å². The number of methoxy groups -OCH3 is 1. The van der Waals surface area contributed by atoms with Gasteiger partial charge in [-0.1, -0.05) is 12.1 Å². The molecule has 0 spiro atoms. The number of amides is 1. The van der Waals surface area contributed by atoms with Crippen LogP contribution in [0.3, 0.4) is 0 Å². The molecule has 0 fully saturated rings. The number of carbonyl (C=O) groups excluding carboxylic acids is 1. The molecule has 0 heterocycles. The molecule has 0 aromatic heterocycles. The average Bonchev–Trinajstić information content (AvgIpc) is 2.62. The number of hydrogen-bond donors (Lipinski definition) is 1. The third-order valence-corrected chi connectivity index (χ3v) is 5.52. The van der Waals surface area contributed by atoms with Gasteiger partial charge >= 0.3 is 0 Å². The van der Waals surface area contributed by atoms with Gasteiger partial charge in [-0.25, -0.2) is 12.7 Å². The van der Waals surface area contributed by atoms with E-state index in [1.54, 1.807) is 24.3 Å².